The van der Waals surface area contributed by atoms with Crippen LogP contribution in [0.2, 0.25) is 5.02 Å². The normalized spacial score (nSPS) is 19.4. The maximum atomic E-state index is 13.8. The molecule has 0 aromatic heterocycles. The number of amides is 1. The predicted molar refractivity (Wildman–Crippen MR) is 71.7 cm³/mol. The minimum absolute atomic E-state index is 0.163. The molecule has 17 heavy (non-hydrogen) atoms. The number of ether oxygens (including phenoxy) is 1. The second kappa shape index (κ2) is 5.49. The summed E-state index contributed by atoms with van der Waals surface area (Å²) in [6, 6.07) is 3.03. The lowest BCUT2D eigenvalue weighted by Gasteiger charge is -2.11. The molecule has 1 saturated heterocycles. The minimum Gasteiger partial charge on any atom is -0.381 e. The van der Waals surface area contributed by atoms with Crippen molar-refractivity contribution in [3.8, 4) is 0 Å². The molecule has 1 unspecified atom stereocenters. The van der Waals surface area contributed by atoms with Crippen LogP contribution in [-0.2, 0) is 9.53 Å². The van der Waals surface area contributed by atoms with Crippen molar-refractivity contribution in [2.45, 2.75) is 6.42 Å². The monoisotopic (exact) mass is 369 g/mol. The number of anilines is 1. The Labute approximate surface area is 117 Å². The molecule has 6 heteroatoms. The van der Waals surface area contributed by atoms with Gasteiger partial charge in [0.25, 0.3) is 0 Å². The largest absolute Gasteiger partial charge is 0.381 e. The number of hydrogen-bond donors (Lipinski definition) is 1. The minimum atomic E-state index is -0.495. The van der Waals surface area contributed by atoms with Crippen LogP contribution < -0.4 is 5.32 Å². The molecule has 1 fully saturated rings. The number of hydrogen-bond acceptors (Lipinski definition) is 2. The van der Waals surface area contributed by atoms with Gasteiger partial charge in [-0.05, 0) is 41.1 Å². The molecule has 0 saturated carbocycles. The molecule has 1 N–H and O–H groups in total. The summed E-state index contributed by atoms with van der Waals surface area (Å²) >= 11 is 7.58. The first-order chi connectivity index (χ1) is 8.09. The van der Waals surface area contributed by atoms with Crippen LogP contribution in [0.15, 0.2) is 12.1 Å². The Morgan fingerprint density at radius 3 is 3.00 bits per heavy atom. The Bertz CT molecular complexity index is 449. The molecule has 0 aliphatic carbocycles. The summed E-state index contributed by atoms with van der Waals surface area (Å²) in [4.78, 5) is 11.8. The van der Waals surface area contributed by atoms with Crippen molar-refractivity contribution in [2.24, 2.45) is 5.92 Å². The molecule has 1 heterocycles. The van der Waals surface area contributed by atoms with Gasteiger partial charge >= 0.3 is 0 Å². The summed E-state index contributed by atoms with van der Waals surface area (Å²) in [6.07, 6.45) is 0.679. The molecule has 1 aromatic rings. The van der Waals surface area contributed by atoms with Gasteiger partial charge in [-0.15, -0.1) is 0 Å². The van der Waals surface area contributed by atoms with Gasteiger partial charge in [0.1, 0.15) is 0 Å². The van der Waals surface area contributed by atoms with Crippen LogP contribution in [0.1, 0.15) is 6.42 Å². The highest BCUT2D eigenvalue weighted by Gasteiger charge is 2.24. The van der Waals surface area contributed by atoms with Gasteiger partial charge in [-0.1, -0.05) is 11.6 Å². The molecule has 1 aliphatic heterocycles. The van der Waals surface area contributed by atoms with Crippen LogP contribution in [0.3, 0.4) is 0 Å². The van der Waals surface area contributed by atoms with Crippen LogP contribution in [0, 0.1) is 15.3 Å². The van der Waals surface area contributed by atoms with Crippen LogP contribution in [0.5, 0.6) is 0 Å². The molecule has 1 atom stereocenters. The van der Waals surface area contributed by atoms with Gasteiger partial charge in [0, 0.05) is 6.61 Å². The summed E-state index contributed by atoms with van der Waals surface area (Å²) in [7, 11) is 0. The third-order valence-corrected chi connectivity index (χ3v) is 4.28. The summed E-state index contributed by atoms with van der Waals surface area (Å²) in [5, 5.41) is 2.90. The van der Waals surface area contributed by atoms with Crippen molar-refractivity contribution in [3.05, 3.63) is 26.5 Å². The maximum Gasteiger partial charge on any atom is 0.229 e. The summed E-state index contributed by atoms with van der Waals surface area (Å²) in [5.41, 5.74) is 0.163. The van der Waals surface area contributed by atoms with Gasteiger partial charge in [0.2, 0.25) is 5.91 Å². The Morgan fingerprint density at radius 1 is 1.59 bits per heavy atom. The lowest BCUT2D eigenvalue weighted by atomic mass is 10.1. The average molecular weight is 370 g/mol. The van der Waals surface area contributed by atoms with Gasteiger partial charge < -0.3 is 10.1 Å². The fraction of sp³-hybridized carbons (Fsp3) is 0.364. The molecule has 0 radical (unpaired) electrons. The summed E-state index contributed by atoms with van der Waals surface area (Å²) in [6.45, 7) is 0.983. The molecule has 0 spiro atoms. The van der Waals surface area contributed by atoms with E-state index >= 15 is 0 Å². The standard InChI is InChI=1S/C11H10ClFINO2/c12-7-1-2-8(9(13)10(7)14)15-11(16)6-3-4-17-5-6/h1-2,6H,3-5H2,(H,15,16). The smallest absolute Gasteiger partial charge is 0.229 e. The quantitative estimate of drug-likeness (QED) is 0.643. The number of carbonyl (C=O) groups excluding carboxylic acids is 1. The second-order valence-corrected chi connectivity index (χ2v) is 5.26. The van der Waals surface area contributed by atoms with E-state index in [-0.39, 0.29) is 17.5 Å². The van der Waals surface area contributed by atoms with Crippen molar-refractivity contribution in [3.63, 3.8) is 0 Å². The Balaban J connectivity index is 2.13. The molecule has 2 rings (SSSR count). The van der Waals surface area contributed by atoms with Crippen LogP contribution in [0.25, 0.3) is 0 Å². The van der Waals surface area contributed by atoms with Crippen molar-refractivity contribution in [1.29, 1.82) is 0 Å². The lowest BCUT2D eigenvalue weighted by Crippen LogP contribution is -2.23. The average Bonchev–Trinajstić information content (AvgIpc) is 2.83. The van der Waals surface area contributed by atoms with E-state index in [0.717, 1.165) is 0 Å². The zero-order valence-corrected chi connectivity index (χ0v) is 11.7. The van der Waals surface area contributed by atoms with Crippen molar-refractivity contribution < 1.29 is 13.9 Å². The van der Waals surface area contributed by atoms with E-state index in [2.05, 4.69) is 5.32 Å². The molecule has 92 valence electrons. The predicted octanol–water partition coefficient (Wildman–Crippen LogP) is 3.06. The van der Waals surface area contributed by atoms with Crippen LogP contribution in [-0.4, -0.2) is 19.1 Å². The van der Waals surface area contributed by atoms with Gasteiger partial charge in [-0.3, -0.25) is 4.79 Å². The fourth-order valence-corrected chi connectivity index (χ4v) is 2.21. The van der Waals surface area contributed by atoms with E-state index in [1.165, 1.54) is 6.07 Å². The Hall–Kier alpha value is -0.400. The first kappa shape index (κ1) is 13.0. The van der Waals surface area contributed by atoms with E-state index in [1.54, 1.807) is 28.7 Å². The second-order valence-electron chi connectivity index (χ2n) is 3.77. The number of benzene rings is 1. The van der Waals surface area contributed by atoms with Crippen molar-refractivity contribution in [2.75, 3.05) is 18.5 Å². The van der Waals surface area contributed by atoms with Crippen molar-refractivity contribution in [1.82, 2.24) is 0 Å². The zero-order chi connectivity index (χ0) is 12.4. The SMILES string of the molecule is O=C(Nc1ccc(Cl)c(I)c1F)C1CCOC1. The fourth-order valence-electron chi connectivity index (χ4n) is 1.60. The van der Waals surface area contributed by atoms with Crippen LogP contribution >= 0.6 is 34.2 Å². The van der Waals surface area contributed by atoms with E-state index in [9.17, 15) is 9.18 Å². The number of carbonyl (C=O) groups is 1. The number of nitrogens with one attached hydrogen (secondary N) is 1. The third-order valence-electron chi connectivity index (χ3n) is 2.59. The van der Waals surface area contributed by atoms with Gasteiger partial charge in [0.15, 0.2) is 5.82 Å². The Morgan fingerprint density at radius 2 is 2.35 bits per heavy atom. The molecule has 1 aliphatic rings. The molecular formula is C11H10ClFINO2. The van der Waals surface area contributed by atoms with Crippen molar-refractivity contribution >= 4 is 45.8 Å². The van der Waals surface area contributed by atoms with Gasteiger partial charge in [-0.2, -0.15) is 0 Å². The van der Waals surface area contributed by atoms with E-state index in [1.807, 2.05) is 0 Å². The maximum absolute atomic E-state index is 13.8. The van der Waals surface area contributed by atoms with Gasteiger partial charge in [0.05, 0.1) is 26.8 Å². The highest BCUT2D eigenvalue weighted by molar-refractivity contribution is 14.1. The highest BCUT2D eigenvalue weighted by atomic mass is 127. The zero-order valence-electron chi connectivity index (χ0n) is 8.80. The third kappa shape index (κ3) is 2.89. The van der Waals surface area contributed by atoms with E-state index < -0.39 is 5.82 Å². The lowest BCUT2D eigenvalue weighted by molar-refractivity contribution is -0.119. The molecule has 3 nitrogen and oxygen atoms in total. The number of rotatable bonds is 2. The first-order valence-electron chi connectivity index (χ1n) is 5.11. The summed E-state index contributed by atoms with van der Waals surface area (Å²) in [5.74, 6) is -0.896. The van der Waals surface area contributed by atoms with E-state index in [4.69, 9.17) is 16.3 Å². The molecule has 1 aromatic carbocycles. The van der Waals surface area contributed by atoms with Gasteiger partial charge in [-0.25, -0.2) is 4.39 Å². The molecule has 0 bridgehead atoms. The van der Waals surface area contributed by atoms with E-state index in [0.29, 0.717) is 28.2 Å². The molecular weight excluding hydrogens is 359 g/mol. The topological polar surface area (TPSA) is 38.3 Å². The summed E-state index contributed by atoms with van der Waals surface area (Å²) < 4.78 is 19.2. The molecule has 1 amide bonds. The first-order valence-corrected chi connectivity index (χ1v) is 6.57. The highest BCUT2D eigenvalue weighted by Crippen LogP contribution is 2.27. The Kier molecular flexibility index (Phi) is 4.22. The number of halogens is 3. The van der Waals surface area contributed by atoms with Crippen LogP contribution in [0.4, 0.5) is 10.1 Å².